The third-order valence-electron chi connectivity index (χ3n) is 4.77. The Labute approximate surface area is 117 Å². The second-order valence-electron chi connectivity index (χ2n) is 6.45. The molecule has 3 unspecified atom stereocenters. The van der Waals surface area contributed by atoms with E-state index in [9.17, 15) is 0 Å². The van der Waals surface area contributed by atoms with Crippen LogP contribution in [0, 0.1) is 0 Å². The van der Waals surface area contributed by atoms with Crippen LogP contribution in [0.1, 0.15) is 43.7 Å². The lowest BCUT2D eigenvalue weighted by Gasteiger charge is -2.37. The van der Waals surface area contributed by atoms with Gasteiger partial charge in [0.05, 0.1) is 0 Å². The summed E-state index contributed by atoms with van der Waals surface area (Å²) in [6.07, 6.45) is 3.84. The van der Waals surface area contributed by atoms with Crippen molar-refractivity contribution in [2.75, 3.05) is 19.6 Å². The second kappa shape index (κ2) is 5.64. The van der Waals surface area contributed by atoms with Crippen LogP contribution in [0.2, 0.25) is 0 Å². The van der Waals surface area contributed by atoms with Crippen molar-refractivity contribution in [3.05, 3.63) is 35.4 Å². The monoisotopic (exact) mass is 258 g/mol. The predicted molar refractivity (Wildman–Crippen MR) is 80.6 cm³/mol. The number of nitrogens with zero attached hydrogens (tertiary/aromatic N) is 1. The van der Waals surface area contributed by atoms with Crippen LogP contribution in [0.5, 0.6) is 0 Å². The Kier molecular flexibility index (Phi) is 3.90. The summed E-state index contributed by atoms with van der Waals surface area (Å²) in [5, 5.41) is 3.67. The van der Waals surface area contributed by atoms with E-state index in [-0.39, 0.29) is 0 Å². The SMILES string of the molecule is CC1CCN(CC2Cc3ccccc32)CCC(C)N1. The van der Waals surface area contributed by atoms with E-state index in [1.165, 1.54) is 38.9 Å². The van der Waals surface area contributed by atoms with Crippen molar-refractivity contribution < 1.29 is 0 Å². The minimum atomic E-state index is 0.659. The molecule has 1 fully saturated rings. The number of benzene rings is 1. The Hall–Kier alpha value is -0.860. The van der Waals surface area contributed by atoms with Gasteiger partial charge in [0, 0.05) is 24.5 Å². The van der Waals surface area contributed by atoms with Gasteiger partial charge in [-0.25, -0.2) is 0 Å². The normalized spacial score (nSPS) is 32.0. The lowest BCUT2D eigenvalue weighted by Crippen LogP contribution is -2.44. The molecular formula is C17H26N2. The number of hydrogen-bond acceptors (Lipinski definition) is 2. The molecule has 3 rings (SSSR count). The minimum Gasteiger partial charge on any atom is -0.312 e. The summed E-state index contributed by atoms with van der Waals surface area (Å²) in [7, 11) is 0. The lowest BCUT2D eigenvalue weighted by molar-refractivity contribution is 0.202. The molecule has 1 aliphatic carbocycles. The van der Waals surface area contributed by atoms with E-state index >= 15 is 0 Å². The standard InChI is InChI=1S/C17H26N2/c1-13-7-9-19(10-8-14(2)18-13)12-16-11-15-5-3-4-6-17(15)16/h3-6,13-14,16,18H,7-12H2,1-2H3. The summed E-state index contributed by atoms with van der Waals surface area (Å²) in [5.41, 5.74) is 3.17. The molecule has 1 aromatic rings. The summed E-state index contributed by atoms with van der Waals surface area (Å²) in [4.78, 5) is 2.69. The summed E-state index contributed by atoms with van der Waals surface area (Å²) in [6, 6.07) is 10.3. The molecule has 1 aromatic carbocycles. The maximum absolute atomic E-state index is 3.67. The van der Waals surface area contributed by atoms with Gasteiger partial charge < -0.3 is 10.2 Å². The molecule has 0 spiro atoms. The molecule has 2 nitrogen and oxygen atoms in total. The van der Waals surface area contributed by atoms with E-state index in [0.29, 0.717) is 12.1 Å². The van der Waals surface area contributed by atoms with E-state index < -0.39 is 0 Å². The average Bonchev–Trinajstić information content (AvgIpc) is 2.36. The molecule has 1 saturated heterocycles. The van der Waals surface area contributed by atoms with Crippen molar-refractivity contribution in [2.24, 2.45) is 0 Å². The second-order valence-corrected chi connectivity index (χ2v) is 6.45. The zero-order valence-corrected chi connectivity index (χ0v) is 12.2. The highest BCUT2D eigenvalue weighted by Crippen LogP contribution is 2.35. The highest BCUT2D eigenvalue weighted by atomic mass is 15.1. The lowest BCUT2D eigenvalue weighted by atomic mass is 9.77. The Morgan fingerprint density at radius 1 is 1.11 bits per heavy atom. The molecule has 1 aliphatic heterocycles. The van der Waals surface area contributed by atoms with Gasteiger partial charge in [0.15, 0.2) is 0 Å². The molecule has 0 bridgehead atoms. The highest BCUT2D eigenvalue weighted by Gasteiger charge is 2.27. The van der Waals surface area contributed by atoms with Crippen molar-refractivity contribution in [3.8, 4) is 0 Å². The quantitative estimate of drug-likeness (QED) is 0.877. The Balaban J connectivity index is 1.58. The summed E-state index contributed by atoms with van der Waals surface area (Å²) in [5.74, 6) is 0.786. The van der Waals surface area contributed by atoms with Gasteiger partial charge in [-0.1, -0.05) is 24.3 Å². The molecule has 1 N–H and O–H groups in total. The first-order chi connectivity index (χ1) is 9.22. The van der Waals surface area contributed by atoms with Crippen LogP contribution in [0.3, 0.4) is 0 Å². The van der Waals surface area contributed by atoms with Crippen LogP contribution in [0.25, 0.3) is 0 Å². The summed E-state index contributed by atoms with van der Waals surface area (Å²) >= 11 is 0. The van der Waals surface area contributed by atoms with Crippen LogP contribution in [-0.4, -0.2) is 36.6 Å². The number of nitrogens with one attached hydrogen (secondary N) is 1. The predicted octanol–water partition coefficient (Wildman–Crippen LogP) is 2.79. The third-order valence-corrected chi connectivity index (χ3v) is 4.77. The number of rotatable bonds is 2. The molecule has 2 aliphatic rings. The van der Waals surface area contributed by atoms with Crippen molar-refractivity contribution in [3.63, 3.8) is 0 Å². The molecule has 0 amide bonds. The van der Waals surface area contributed by atoms with Gasteiger partial charge in [-0.3, -0.25) is 0 Å². The van der Waals surface area contributed by atoms with Crippen molar-refractivity contribution in [2.45, 2.75) is 51.1 Å². The van der Waals surface area contributed by atoms with Gasteiger partial charge in [-0.2, -0.15) is 0 Å². The summed E-state index contributed by atoms with van der Waals surface area (Å²) < 4.78 is 0. The fourth-order valence-corrected chi connectivity index (χ4v) is 3.54. The fourth-order valence-electron chi connectivity index (χ4n) is 3.54. The van der Waals surface area contributed by atoms with Gasteiger partial charge in [0.25, 0.3) is 0 Å². The maximum atomic E-state index is 3.67. The Morgan fingerprint density at radius 2 is 1.79 bits per heavy atom. The van der Waals surface area contributed by atoms with Crippen LogP contribution < -0.4 is 5.32 Å². The largest absolute Gasteiger partial charge is 0.312 e. The van der Waals surface area contributed by atoms with E-state index in [0.717, 1.165) is 5.92 Å². The number of hydrogen-bond donors (Lipinski definition) is 1. The van der Waals surface area contributed by atoms with Gasteiger partial charge in [0.1, 0.15) is 0 Å². The Morgan fingerprint density at radius 3 is 2.47 bits per heavy atom. The molecule has 0 radical (unpaired) electrons. The first-order valence-corrected chi connectivity index (χ1v) is 7.78. The van der Waals surface area contributed by atoms with Crippen molar-refractivity contribution in [1.82, 2.24) is 10.2 Å². The van der Waals surface area contributed by atoms with Crippen molar-refractivity contribution >= 4 is 0 Å². The van der Waals surface area contributed by atoms with Crippen LogP contribution in [0.15, 0.2) is 24.3 Å². The highest BCUT2D eigenvalue weighted by molar-refractivity contribution is 5.40. The van der Waals surface area contributed by atoms with Gasteiger partial charge in [0.2, 0.25) is 0 Å². The molecule has 1 heterocycles. The van der Waals surface area contributed by atoms with Gasteiger partial charge in [-0.05, 0) is 57.3 Å². The Bertz CT molecular complexity index is 417. The first-order valence-electron chi connectivity index (χ1n) is 7.78. The molecule has 0 aromatic heterocycles. The zero-order chi connectivity index (χ0) is 13.2. The van der Waals surface area contributed by atoms with E-state index in [4.69, 9.17) is 0 Å². The molecular weight excluding hydrogens is 232 g/mol. The fraction of sp³-hybridized carbons (Fsp3) is 0.647. The van der Waals surface area contributed by atoms with E-state index in [2.05, 4.69) is 48.3 Å². The maximum Gasteiger partial charge on any atom is 0.00536 e. The average molecular weight is 258 g/mol. The molecule has 0 saturated carbocycles. The minimum absolute atomic E-state index is 0.659. The molecule has 19 heavy (non-hydrogen) atoms. The van der Waals surface area contributed by atoms with Gasteiger partial charge in [-0.15, -0.1) is 0 Å². The van der Waals surface area contributed by atoms with Crippen LogP contribution >= 0.6 is 0 Å². The molecule has 2 heteroatoms. The van der Waals surface area contributed by atoms with Crippen molar-refractivity contribution in [1.29, 1.82) is 0 Å². The molecule has 3 atom stereocenters. The van der Waals surface area contributed by atoms with E-state index in [1.54, 1.807) is 11.1 Å². The number of fused-ring (bicyclic) bond motifs is 1. The summed E-state index contributed by atoms with van der Waals surface area (Å²) in [6.45, 7) is 8.40. The third kappa shape index (κ3) is 3.01. The first kappa shape index (κ1) is 13.1. The van der Waals surface area contributed by atoms with Crippen LogP contribution in [-0.2, 0) is 6.42 Å². The zero-order valence-electron chi connectivity index (χ0n) is 12.2. The molecule has 104 valence electrons. The van der Waals surface area contributed by atoms with E-state index in [1.807, 2.05) is 0 Å². The van der Waals surface area contributed by atoms with Crippen LogP contribution in [0.4, 0.5) is 0 Å². The smallest absolute Gasteiger partial charge is 0.00536 e. The van der Waals surface area contributed by atoms with Gasteiger partial charge >= 0.3 is 0 Å². The topological polar surface area (TPSA) is 15.3 Å².